The van der Waals surface area contributed by atoms with E-state index in [0.717, 1.165) is 0 Å². The van der Waals surface area contributed by atoms with E-state index in [-0.39, 0.29) is 12.3 Å². The minimum atomic E-state index is -0.846. The second kappa shape index (κ2) is 4.41. The number of nitrogens with one attached hydrogen (secondary N) is 1. The highest BCUT2D eigenvalue weighted by Gasteiger charge is 2.35. The Kier molecular flexibility index (Phi) is 3.46. The van der Waals surface area contributed by atoms with Crippen LogP contribution in [0.15, 0.2) is 0 Å². The number of carboxylic acids is 1. The number of carbonyl (C=O) groups is 2. The molecule has 5 nitrogen and oxygen atoms in total. The molecule has 0 saturated carbocycles. The minimum Gasteiger partial charge on any atom is -0.481 e. The molecule has 1 heterocycles. The van der Waals surface area contributed by atoms with Gasteiger partial charge in [0, 0.05) is 20.0 Å². The zero-order valence-electron chi connectivity index (χ0n) is 8.21. The fourth-order valence-corrected chi connectivity index (χ4v) is 1.69. The van der Waals surface area contributed by atoms with Gasteiger partial charge in [-0.3, -0.25) is 9.59 Å². The summed E-state index contributed by atoms with van der Waals surface area (Å²) in [6.07, 6.45) is 1.19. The van der Waals surface area contributed by atoms with Gasteiger partial charge >= 0.3 is 5.97 Å². The van der Waals surface area contributed by atoms with E-state index in [1.54, 1.807) is 0 Å². The summed E-state index contributed by atoms with van der Waals surface area (Å²) in [4.78, 5) is 21.4. The number of ether oxygens (including phenoxy) is 1. The zero-order valence-corrected chi connectivity index (χ0v) is 8.21. The topological polar surface area (TPSA) is 75.6 Å². The summed E-state index contributed by atoms with van der Waals surface area (Å²) in [7, 11) is 0. The van der Waals surface area contributed by atoms with Gasteiger partial charge in [0.1, 0.15) is 0 Å². The average Bonchev–Trinajstić information content (AvgIpc) is 2.49. The lowest BCUT2D eigenvalue weighted by Gasteiger charge is -2.27. The van der Waals surface area contributed by atoms with Crippen molar-refractivity contribution in [1.29, 1.82) is 0 Å². The van der Waals surface area contributed by atoms with Crippen LogP contribution in [0.4, 0.5) is 0 Å². The molecule has 0 aromatic rings. The Hall–Kier alpha value is -1.10. The van der Waals surface area contributed by atoms with E-state index in [9.17, 15) is 9.59 Å². The number of carbonyl (C=O) groups excluding carboxylic acids is 1. The number of hydrogen-bond donors (Lipinski definition) is 2. The Labute approximate surface area is 82.4 Å². The fraction of sp³-hybridized carbons (Fsp3) is 0.778. The first-order valence-corrected chi connectivity index (χ1v) is 4.62. The summed E-state index contributed by atoms with van der Waals surface area (Å²) >= 11 is 0. The highest BCUT2D eigenvalue weighted by atomic mass is 16.5. The van der Waals surface area contributed by atoms with Gasteiger partial charge in [-0.1, -0.05) is 0 Å². The largest absolute Gasteiger partial charge is 0.481 e. The lowest BCUT2D eigenvalue weighted by Crippen LogP contribution is -2.48. The highest BCUT2D eigenvalue weighted by Crippen LogP contribution is 2.24. The van der Waals surface area contributed by atoms with Crippen LogP contribution in [0, 0.1) is 0 Å². The van der Waals surface area contributed by atoms with Crippen molar-refractivity contribution in [3.63, 3.8) is 0 Å². The zero-order chi connectivity index (χ0) is 10.6. The van der Waals surface area contributed by atoms with Crippen LogP contribution in [0.3, 0.4) is 0 Å². The van der Waals surface area contributed by atoms with Gasteiger partial charge in [-0.15, -0.1) is 0 Å². The number of aliphatic carboxylic acids is 1. The molecule has 1 amide bonds. The van der Waals surface area contributed by atoms with Gasteiger partial charge in [-0.05, 0) is 12.8 Å². The Morgan fingerprint density at radius 3 is 2.71 bits per heavy atom. The molecule has 0 aromatic carbocycles. The summed E-state index contributed by atoms with van der Waals surface area (Å²) in [5.74, 6) is -0.984. The average molecular weight is 201 g/mol. The summed E-state index contributed by atoms with van der Waals surface area (Å²) in [5.41, 5.74) is -0.454. The second-order valence-corrected chi connectivity index (χ2v) is 3.66. The molecule has 1 atom stereocenters. The highest BCUT2D eigenvalue weighted by molar-refractivity contribution is 5.74. The minimum absolute atomic E-state index is 0.0592. The quantitative estimate of drug-likeness (QED) is 0.678. The Morgan fingerprint density at radius 2 is 2.29 bits per heavy atom. The molecule has 1 unspecified atom stereocenters. The molecular formula is C9H15NO4. The normalized spacial score (nSPS) is 26.1. The van der Waals surface area contributed by atoms with E-state index >= 15 is 0 Å². The molecule has 1 rings (SSSR count). The standard InChI is InChI=1S/C9H15NO4/c1-7(11)10-9(3-2-8(12)13)4-5-14-6-9/h2-6H2,1H3,(H,10,11)(H,12,13). The molecule has 14 heavy (non-hydrogen) atoms. The third-order valence-corrected chi connectivity index (χ3v) is 2.36. The van der Waals surface area contributed by atoms with E-state index in [1.165, 1.54) is 6.92 Å². The van der Waals surface area contributed by atoms with Crippen LogP contribution in [0.1, 0.15) is 26.2 Å². The molecule has 1 fully saturated rings. The SMILES string of the molecule is CC(=O)NC1(CCC(=O)O)CCOC1. The van der Waals surface area contributed by atoms with Crippen molar-refractivity contribution < 1.29 is 19.4 Å². The monoisotopic (exact) mass is 201 g/mol. The van der Waals surface area contributed by atoms with Crippen LogP contribution in [-0.2, 0) is 14.3 Å². The van der Waals surface area contributed by atoms with Crippen LogP contribution >= 0.6 is 0 Å². The molecule has 1 saturated heterocycles. The van der Waals surface area contributed by atoms with E-state index in [4.69, 9.17) is 9.84 Å². The summed E-state index contributed by atoms with van der Waals surface area (Å²) < 4.78 is 5.19. The van der Waals surface area contributed by atoms with Crippen molar-refractivity contribution in [3.05, 3.63) is 0 Å². The molecule has 0 aliphatic carbocycles. The first-order chi connectivity index (χ1) is 6.54. The third kappa shape index (κ3) is 2.99. The van der Waals surface area contributed by atoms with Crippen LogP contribution < -0.4 is 5.32 Å². The van der Waals surface area contributed by atoms with E-state index in [1.807, 2.05) is 0 Å². The predicted molar refractivity (Wildman–Crippen MR) is 48.9 cm³/mol. The maximum atomic E-state index is 10.9. The van der Waals surface area contributed by atoms with Crippen molar-refractivity contribution in [1.82, 2.24) is 5.32 Å². The van der Waals surface area contributed by atoms with Crippen molar-refractivity contribution in [2.75, 3.05) is 13.2 Å². The predicted octanol–water partition coefficient (Wildman–Crippen LogP) is 0.146. The molecular weight excluding hydrogens is 186 g/mol. The lowest BCUT2D eigenvalue weighted by atomic mass is 9.92. The number of hydrogen-bond acceptors (Lipinski definition) is 3. The van der Waals surface area contributed by atoms with E-state index < -0.39 is 11.5 Å². The van der Waals surface area contributed by atoms with Gasteiger partial charge in [0.15, 0.2) is 0 Å². The summed E-state index contributed by atoms with van der Waals surface area (Å²) in [6.45, 7) is 2.43. The van der Waals surface area contributed by atoms with Crippen molar-refractivity contribution >= 4 is 11.9 Å². The van der Waals surface area contributed by atoms with Gasteiger partial charge < -0.3 is 15.2 Å². The van der Waals surface area contributed by atoms with Gasteiger partial charge in [-0.2, -0.15) is 0 Å². The Bertz CT molecular complexity index is 233. The summed E-state index contributed by atoms with van der Waals surface area (Å²) in [5, 5.41) is 11.4. The smallest absolute Gasteiger partial charge is 0.303 e. The molecule has 0 radical (unpaired) electrons. The van der Waals surface area contributed by atoms with E-state index in [2.05, 4.69) is 5.32 Å². The Balaban J connectivity index is 2.52. The summed E-state index contributed by atoms with van der Waals surface area (Å²) in [6, 6.07) is 0. The molecule has 1 aliphatic rings. The first-order valence-electron chi connectivity index (χ1n) is 4.62. The van der Waals surface area contributed by atoms with Crippen LogP contribution in [-0.4, -0.2) is 35.7 Å². The van der Waals surface area contributed by atoms with Crippen LogP contribution in [0.5, 0.6) is 0 Å². The molecule has 0 bridgehead atoms. The van der Waals surface area contributed by atoms with E-state index in [0.29, 0.717) is 26.1 Å². The van der Waals surface area contributed by atoms with Crippen molar-refractivity contribution in [3.8, 4) is 0 Å². The molecule has 80 valence electrons. The van der Waals surface area contributed by atoms with Crippen molar-refractivity contribution in [2.45, 2.75) is 31.7 Å². The van der Waals surface area contributed by atoms with Gasteiger partial charge in [0.05, 0.1) is 12.1 Å². The molecule has 0 aromatic heterocycles. The van der Waals surface area contributed by atoms with Crippen LogP contribution in [0.2, 0.25) is 0 Å². The third-order valence-electron chi connectivity index (χ3n) is 2.36. The first kappa shape index (κ1) is 11.0. The number of carboxylic acid groups (broad SMARTS) is 1. The number of amides is 1. The molecule has 1 aliphatic heterocycles. The maximum Gasteiger partial charge on any atom is 0.303 e. The Morgan fingerprint density at radius 1 is 1.57 bits per heavy atom. The molecule has 5 heteroatoms. The molecule has 0 spiro atoms. The second-order valence-electron chi connectivity index (χ2n) is 3.66. The van der Waals surface area contributed by atoms with Gasteiger partial charge in [-0.25, -0.2) is 0 Å². The fourth-order valence-electron chi connectivity index (χ4n) is 1.69. The van der Waals surface area contributed by atoms with Gasteiger partial charge in [0.2, 0.25) is 5.91 Å². The lowest BCUT2D eigenvalue weighted by molar-refractivity contribution is -0.138. The number of rotatable bonds is 4. The van der Waals surface area contributed by atoms with Crippen LogP contribution in [0.25, 0.3) is 0 Å². The maximum absolute atomic E-state index is 10.9. The molecule has 2 N–H and O–H groups in total. The van der Waals surface area contributed by atoms with Gasteiger partial charge in [0.25, 0.3) is 0 Å². The van der Waals surface area contributed by atoms with Crippen molar-refractivity contribution in [2.24, 2.45) is 0 Å².